The van der Waals surface area contributed by atoms with Crippen molar-refractivity contribution in [3.63, 3.8) is 0 Å². The van der Waals surface area contributed by atoms with Crippen molar-refractivity contribution in [1.82, 2.24) is 0 Å². The Balaban J connectivity index is 4.25. The molecule has 6 nitrogen and oxygen atoms in total. The van der Waals surface area contributed by atoms with E-state index in [-0.39, 0.29) is 37.5 Å². The van der Waals surface area contributed by atoms with Crippen LogP contribution in [-0.4, -0.2) is 37.2 Å². The third-order valence-corrected chi connectivity index (χ3v) is 12.1. The molecule has 0 aromatic rings. The van der Waals surface area contributed by atoms with Gasteiger partial charge < -0.3 is 14.2 Å². The van der Waals surface area contributed by atoms with Crippen LogP contribution in [0.1, 0.15) is 245 Å². The number of hydrogen-bond acceptors (Lipinski definition) is 6. The highest BCUT2D eigenvalue weighted by atomic mass is 16.6. The molecule has 0 aromatic heterocycles. The van der Waals surface area contributed by atoms with Gasteiger partial charge in [0.25, 0.3) is 0 Å². The summed E-state index contributed by atoms with van der Waals surface area (Å²) in [5, 5.41) is 0. The van der Waals surface area contributed by atoms with Crippen LogP contribution in [-0.2, 0) is 28.6 Å². The standard InChI is InChI=1S/C68H108O6/c1-4-7-10-13-16-18-20-22-24-26-28-30-32-33-34-35-37-38-40-42-44-46-48-50-52-55-58-61-67(70)73-64-65(63-72-66(69)60-57-54-15-12-9-6-3)74-68(71)62-59-56-53-51-49-47-45-43-41-39-36-31-29-27-25-23-21-19-17-14-11-8-5-2/h7-8,10-11,16-19,22-25,28-31,33-34,39,41,45,47,51,53,65H,4-6,9,12-15,20-21,26-27,32,35-38,40,42-44,46,48-50,52,54-64H2,1-3H3/b10-7-,11-8-,18-16-,19-17-,24-22-,25-23-,30-28-,31-29-,34-33-,41-39-,47-45-,53-51-. The number of hydrogen-bond donors (Lipinski definition) is 0. The minimum absolute atomic E-state index is 0.106. The Morgan fingerprint density at radius 2 is 0.541 bits per heavy atom. The molecule has 0 radical (unpaired) electrons. The number of allylic oxidation sites excluding steroid dienone is 24. The minimum atomic E-state index is -0.813. The van der Waals surface area contributed by atoms with Gasteiger partial charge in [-0.3, -0.25) is 14.4 Å². The van der Waals surface area contributed by atoms with Crippen molar-refractivity contribution in [3.8, 4) is 0 Å². The molecule has 1 unspecified atom stereocenters. The van der Waals surface area contributed by atoms with Crippen molar-refractivity contribution >= 4 is 17.9 Å². The first kappa shape index (κ1) is 69.3. The van der Waals surface area contributed by atoms with Crippen molar-refractivity contribution in [3.05, 3.63) is 146 Å². The fourth-order valence-electron chi connectivity index (χ4n) is 7.69. The molecule has 0 aliphatic carbocycles. The number of ether oxygens (including phenoxy) is 3. The van der Waals surface area contributed by atoms with Gasteiger partial charge in [0, 0.05) is 19.3 Å². The molecule has 0 aliphatic heterocycles. The smallest absolute Gasteiger partial charge is 0.306 e. The SMILES string of the molecule is CC/C=C\C/C=C\C/C=C\C/C=C\C/C=C\C/C=C\C/C=C\CCCC(=O)OC(COC(=O)CCCCCCCC)COC(=O)CCCCCCCCCCCCC/C=C\C/C=C\C/C=C\C/C=C\C/C=C\CC. The number of unbranched alkanes of at least 4 members (excludes halogenated alkanes) is 17. The molecule has 0 N–H and O–H groups in total. The van der Waals surface area contributed by atoms with Crippen LogP contribution in [0.2, 0.25) is 0 Å². The van der Waals surface area contributed by atoms with E-state index in [9.17, 15) is 14.4 Å². The normalized spacial score (nSPS) is 13.2. The molecule has 0 fully saturated rings. The zero-order chi connectivity index (χ0) is 53.6. The quantitative estimate of drug-likeness (QED) is 0.0261. The summed E-state index contributed by atoms with van der Waals surface area (Å²) in [5.74, 6) is -0.985. The van der Waals surface area contributed by atoms with Crippen LogP contribution in [0.15, 0.2) is 146 Å². The summed E-state index contributed by atoms with van der Waals surface area (Å²) in [6.45, 7) is 6.29. The maximum absolute atomic E-state index is 12.8. The second-order valence-corrected chi connectivity index (χ2v) is 19.1. The minimum Gasteiger partial charge on any atom is -0.462 e. The summed E-state index contributed by atoms with van der Waals surface area (Å²) in [5.41, 5.74) is 0. The number of carbonyl (C=O) groups is 3. The van der Waals surface area contributed by atoms with Crippen molar-refractivity contribution in [1.29, 1.82) is 0 Å². The fourth-order valence-corrected chi connectivity index (χ4v) is 7.69. The lowest BCUT2D eigenvalue weighted by Gasteiger charge is -2.18. The van der Waals surface area contributed by atoms with Crippen LogP contribution in [0, 0.1) is 0 Å². The molecule has 0 aliphatic rings. The first-order valence-corrected chi connectivity index (χ1v) is 29.8. The van der Waals surface area contributed by atoms with Gasteiger partial charge in [0.15, 0.2) is 6.10 Å². The first-order valence-electron chi connectivity index (χ1n) is 29.8. The van der Waals surface area contributed by atoms with E-state index >= 15 is 0 Å². The molecule has 6 heteroatoms. The average Bonchev–Trinajstić information content (AvgIpc) is 3.40. The molecule has 1 atom stereocenters. The Kier molecular flexibility index (Phi) is 57.0. The lowest BCUT2D eigenvalue weighted by molar-refractivity contribution is -0.167. The van der Waals surface area contributed by atoms with Crippen LogP contribution in [0.25, 0.3) is 0 Å². The summed E-state index contributed by atoms with van der Waals surface area (Å²) >= 11 is 0. The van der Waals surface area contributed by atoms with Gasteiger partial charge in [-0.15, -0.1) is 0 Å². The van der Waals surface area contributed by atoms with E-state index in [1.54, 1.807) is 0 Å². The largest absolute Gasteiger partial charge is 0.462 e. The topological polar surface area (TPSA) is 78.9 Å². The number of carbonyl (C=O) groups excluding carboxylic acids is 3. The Morgan fingerprint density at radius 3 is 0.865 bits per heavy atom. The molecule has 0 saturated heterocycles. The predicted octanol–water partition coefficient (Wildman–Crippen LogP) is 20.4. The maximum Gasteiger partial charge on any atom is 0.306 e. The Labute approximate surface area is 455 Å². The van der Waals surface area contributed by atoms with Gasteiger partial charge in [0.2, 0.25) is 0 Å². The van der Waals surface area contributed by atoms with Gasteiger partial charge in [-0.25, -0.2) is 0 Å². The van der Waals surface area contributed by atoms with Crippen LogP contribution < -0.4 is 0 Å². The van der Waals surface area contributed by atoms with Crippen LogP contribution >= 0.6 is 0 Å². The molecule has 0 spiro atoms. The van der Waals surface area contributed by atoms with E-state index in [1.165, 1.54) is 77.0 Å². The van der Waals surface area contributed by atoms with Crippen molar-refractivity contribution in [2.75, 3.05) is 13.2 Å². The summed E-state index contributed by atoms with van der Waals surface area (Å²) in [7, 11) is 0. The van der Waals surface area contributed by atoms with E-state index < -0.39 is 6.10 Å². The molecule has 0 saturated carbocycles. The fraction of sp³-hybridized carbons (Fsp3) is 0.603. The van der Waals surface area contributed by atoms with Gasteiger partial charge in [-0.05, 0) is 116 Å². The monoisotopic (exact) mass is 1020 g/mol. The molecule has 74 heavy (non-hydrogen) atoms. The van der Waals surface area contributed by atoms with E-state index in [2.05, 4.69) is 167 Å². The van der Waals surface area contributed by atoms with Crippen LogP contribution in [0.3, 0.4) is 0 Å². The highest BCUT2D eigenvalue weighted by Gasteiger charge is 2.19. The van der Waals surface area contributed by atoms with Crippen LogP contribution in [0.4, 0.5) is 0 Å². The zero-order valence-electron chi connectivity index (χ0n) is 47.5. The maximum atomic E-state index is 12.8. The average molecular weight is 1020 g/mol. The van der Waals surface area contributed by atoms with Crippen molar-refractivity contribution < 1.29 is 28.6 Å². The third-order valence-electron chi connectivity index (χ3n) is 12.1. The molecular formula is C68H108O6. The number of rotatable bonds is 52. The van der Waals surface area contributed by atoms with Gasteiger partial charge >= 0.3 is 17.9 Å². The molecule has 0 bridgehead atoms. The molecule has 0 amide bonds. The Morgan fingerprint density at radius 1 is 0.284 bits per heavy atom. The van der Waals surface area contributed by atoms with Crippen LogP contribution in [0.5, 0.6) is 0 Å². The van der Waals surface area contributed by atoms with Gasteiger partial charge in [-0.1, -0.05) is 256 Å². The molecule has 0 heterocycles. The summed E-state index contributed by atoms with van der Waals surface area (Å²) in [4.78, 5) is 37.9. The van der Waals surface area contributed by atoms with E-state index in [1.807, 2.05) is 0 Å². The number of esters is 3. The molecule has 0 rings (SSSR count). The van der Waals surface area contributed by atoms with Gasteiger partial charge in [0.05, 0.1) is 0 Å². The highest BCUT2D eigenvalue weighted by Crippen LogP contribution is 2.14. The zero-order valence-corrected chi connectivity index (χ0v) is 47.5. The van der Waals surface area contributed by atoms with Crippen molar-refractivity contribution in [2.24, 2.45) is 0 Å². The second-order valence-electron chi connectivity index (χ2n) is 19.1. The van der Waals surface area contributed by atoms with Gasteiger partial charge in [-0.2, -0.15) is 0 Å². The van der Waals surface area contributed by atoms with E-state index in [0.717, 1.165) is 122 Å². The predicted molar refractivity (Wildman–Crippen MR) is 320 cm³/mol. The molecule has 0 aromatic carbocycles. The summed E-state index contributed by atoms with van der Waals surface area (Å²) in [6, 6.07) is 0. The van der Waals surface area contributed by atoms with Gasteiger partial charge in [0.1, 0.15) is 13.2 Å². The summed E-state index contributed by atoms with van der Waals surface area (Å²) < 4.78 is 16.7. The van der Waals surface area contributed by atoms with E-state index in [4.69, 9.17) is 14.2 Å². The Bertz CT molecular complexity index is 1640. The second kappa shape index (κ2) is 60.8. The highest BCUT2D eigenvalue weighted by molar-refractivity contribution is 5.71. The molecule has 416 valence electrons. The Hall–Kier alpha value is -4.71. The lowest BCUT2D eigenvalue weighted by atomic mass is 10.0. The lowest BCUT2D eigenvalue weighted by Crippen LogP contribution is -2.30. The third kappa shape index (κ3) is 58.2. The first-order chi connectivity index (χ1) is 36.5. The van der Waals surface area contributed by atoms with Crippen molar-refractivity contribution in [2.45, 2.75) is 252 Å². The van der Waals surface area contributed by atoms with E-state index in [0.29, 0.717) is 19.3 Å². The summed E-state index contributed by atoms with van der Waals surface area (Å²) in [6.07, 6.45) is 87.4. The molecular weight excluding hydrogens is 913 g/mol.